The molecule has 1 fully saturated rings. The van der Waals surface area contributed by atoms with Crippen LogP contribution in [0.3, 0.4) is 0 Å². The Morgan fingerprint density at radius 1 is 1.30 bits per heavy atom. The molecule has 1 aromatic carbocycles. The van der Waals surface area contributed by atoms with Crippen molar-refractivity contribution in [3.8, 4) is 5.75 Å². The molecule has 1 atom stereocenters. The molecule has 0 aliphatic carbocycles. The highest BCUT2D eigenvalue weighted by molar-refractivity contribution is 5.30. The Labute approximate surface area is 121 Å². The van der Waals surface area contributed by atoms with Crippen molar-refractivity contribution >= 4 is 0 Å². The maximum Gasteiger partial charge on any atom is 0.118 e. The lowest BCUT2D eigenvalue weighted by molar-refractivity contribution is 0.138. The number of hydrogen-bond acceptors (Lipinski definition) is 4. The monoisotopic (exact) mass is 278 g/mol. The minimum atomic E-state index is 0.253. The predicted molar refractivity (Wildman–Crippen MR) is 81.0 cm³/mol. The lowest BCUT2D eigenvalue weighted by Gasteiger charge is -2.35. The Balaban J connectivity index is 1.97. The Bertz CT molecular complexity index is 386. The Kier molecular flexibility index (Phi) is 5.83. The first-order chi connectivity index (χ1) is 9.78. The van der Waals surface area contributed by atoms with Crippen molar-refractivity contribution in [2.75, 3.05) is 39.9 Å². The third-order valence-corrected chi connectivity index (χ3v) is 4.42. The van der Waals surface area contributed by atoms with E-state index in [1.165, 1.54) is 5.56 Å². The van der Waals surface area contributed by atoms with Gasteiger partial charge in [0.25, 0.3) is 0 Å². The highest BCUT2D eigenvalue weighted by Crippen LogP contribution is 2.32. The summed E-state index contributed by atoms with van der Waals surface area (Å²) in [5.74, 6) is 1.96. The number of nitrogens with two attached hydrogens (primary N) is 1. The highest BCUT2D eigenvalue weighted by Gasteiger charge is 2.26. The van der Waals surface area contributed by atoms with Crippen molar-refractivity contribution < 1.29 is 9.84 Å². The average molecular weight is 278 g/mol. The quantitative estimate of drug-likeness (QED) is 0.827. The van der Waals surface area contributed by atoms with E-state index in [1.807, 2.05) is 12.1 Å². The molecule has 1 heterocycles. The molecule has 0 aromatic heterocycles. The number of aliphatic hydroxyl groups excluding tert-OH is 1. The number of β-amino-alcohol motifs (C(OH)–C–C–N with tert-alkyl or cyclic N) is 1. The number of aliphatic hydroxyl groups is 1. The van der Waals surface area contributed by atoms with Crippen LogP contribution in [0.4, 0.5) is 0 Å². The van der Waals surface area contributed by atoms with Gasteiger partial charge in [0.05, 0.1) is 13.7 Å². The fraction of sp³-hybridized carbons (Fsp3) is 0.625. The number of benzene rings is 1. The molecule has 0 spiro atoms. The maximum atomic E-state index is 8.99. The van der Waals surface area contributed by atoms with Gasteiger partial charge in [-0.1, -0.05) is 12.1 Å². The summed E-state index contributed by atoms with van der Waals surface area (Å²) in [6.45, 7) is 3.87. The molecular weight excluding hydrogens is 252 g/mol. The van der Waals surface area contributed by atoms with Gasteiger partial charge < -0.3 is 20.5 Å². The lowest BCUT2D eigenvalue weighted by atomic mass is 9.80. The number of ether oxygens (including phenoxy) is 1. The van der Waals surface area contributed by atoms with E-state index in [0.29, 0.717) is 18.4 Å². The molecule has 1 aliphatic rings. The molecule has 4 nitrogen and oxygen atoms in total. The minimum absolute atomic E-state index is 0.253. The van der Waals surface area contributed by atoms with E-state index in [4.69, 9.17) is 15.6 Å². The smallest absolute Gasteiger partial charge is 0.118 e. The van der Waals surface area contributed by atoms with E-state index in [1.54, 1.807) is 7.11 Å². The van der Waals surface area contributed by atoms with Crippen molar-refractivity contribution in [1.82, 2.24) is 4.90 Å². The predicted octanol–water partition coefficient (Wildman–Crippen LogP) is 1.44. The third kappa shape index (κ3) is 3.72. The fourth-order valence-corrected chi connectivity index (χ4v) is 3.17. The van der Waals surface area contributed by atoms with Crippen molar-refractivity contribution in [2.45, 2.75) is 18.8 Å². The molecule has 0 amide bonds. The van der Waals surface area contributed by atoms with Gasteiger partial charge >= 0.3 is 0 Å². The van der Waals surface area contributed by atoms with Gasteiger partial charge in [-0.15, -0.1) is 0 Å². The average Bonchev–Trinajstić information content (AvgIpc) is 2.51. The molecule has 0 saturated carbocycles. The van der Waals surface area contributed by atoms with Crippen LogP contribution >= 0.6 is 0 Å². The first kappa shape index (κ1) is 15.3. The Morgan fingerprint density at radius 3 is 2.45 bits per heavy atom. The van der Waals surface area contributed by atoms with Gasteiger partial charge in [0.1, 0.15) is 5.75 Å². The van der Waals surface area contributed by atoms with Crippen molar-refractivity contribution in [3.05, 3.63) is 29.8 Å². The lowest BCUT2D eigenvalue weighted by Crippen LogP contribution is -2.38. The second-order valence-corrected chi connectivity index (χ2v) is 5.52. The first-order valence-corrected chi connectivity index (χ1v) is 7.45. The summed E-state index contributed by atoms with van der Waals surface area (Å²) in [5.41, 5.74) is 7.33. The van der Waals surface area contributed by atoms with Crippen molar-refractivity contribution in [3.63, 3.8) is 0 Å². The Morgan fingerprint density at radius 2 is 1.95 bits per heavy atom. The molecule has 20 heavy (non-hydrogen) atoms. The van der Waals surface area contributed by atoms with E-state index in [-0.39, 0.29) is 6.61 Å². The number of likely N-dealkylation sites (tertiary alicyclic amines) is 1. The van der Waals surface area contributed by atoms with Gasteiger partial charge in [-0.25, -0.2) is 0 Å². The second-order valence-electron chi connectivity index (χ2n) is 5.52. The van der Waals surface area contributed by atoms with Gasteiger partial charge in [0.15, 0.2) is 0 Å². The summed E-state index contributed by atoms with van der Waals surface area (Å²) < 4.78 is 5.21. The number of nitrogens with zero attached hydrogens (tertiary/aromatic N) is 1. The summed E-state index contributed by atoms with van der Waals surface area (Å²) >= 11 is 0. The maximum absolute atomic E-state index is 8.99. The molecule has 2 rings (SSSR count). The number of rotatable bonds is 6. The summed E-state index contributed by atoms with van der Waals surface area (Å²) in [6, 6.07) is 8.30. The normalized spacial score (nSPS) is 18.9. The van der Waals surface area contributed by atoms with Crippen LogP contribution in [0, 0.1) is 5.92 Å². The van der Waals surface area contributed by atoms with Crippen molar-refractivity contribution in [1.29, 1.82) is 0 Å². The molecule has 3 N–H and O–H groups in total. The standard InChI is InChI=1S/C16H26N2O2/c1-20-15-4-2-13(3-5-15)16(12-17)14-6-8-18(9-7-14)10-11-19/h2-5,14,16,19H,6-12,17H2,1H3. The van der Waals surface area contributed by atoms with Crippen LogP contribution < -0.4 is 10.5 Å². The first-order valence-electron chi connectivity index (χ1n) is 7.45. The molecule has 0 radical (unpaired) electrons. The van der Waals surface area contributed by atoms with Gasteiger partial charge in [0, 0.05) is 6.54 Å². The van der Waals surface area contributed by atoms with Crippen LogP contribution in [-0.4, -0.2) is 49.9 Å². The number of hydrogen-bond donors (Lipinski definition) is 2. The van der Waals surface area contributed by atoms with Gasteiger partial charge in [-0.05, 0) is 62.0 Å². The van der Waals surface area contributed by atoms with Crippen molar-refractivity contribution in [2.24, 2.45) is 11.7 Å². The summed E-state index contributed by atoms with van der Waals surface area (Å²) in [5, 5.41) is 8.99. The summed E-state index contributed by atoms with van der Waals surface area (Å²) in [7, 11) is 1.69. The van der Waals surface area contributed by atoms with E-state index < -0.39 is 0 Å². The van der Waals surface area contributed by atoms with E-state index in [9.17, 15) is 0 Å². The van der Waals surface area contributed by atoms with Crippen LogP contribution in [0.15, 0.2) is 24.3 Å². The van der Waals surface area contributed by atoms with E-state index in [0.717, 1.165) is 38.2 Å². The van der Waals surface area contributed by atoms with Gasteiger partial charge in [-0.3, -0.25) is 0 Å². The minimum Gasteiger partial charge on any atom is -0.497 e. The van der Waals surface area contributed by atoms with Crippen LogP contribution in [-0.2, 0) is 0 Å². The SMILES string of the molecule is COc1ccc(C(CN)C2CCN(CCO)CC2)cc1. The van der Waals surface area contributed by atoms with E-state index in [2.05, 4.69) is 17.0 Å². The van der Waals surface area contributed by atoms with Gasteiger partial charge in [0.2, 0.25) is 0 Å². The second kappa shape index (κ2) is 7.62. The molecule has 0 bridgehead atoms. The van der Waals surface area contributed by atoms with Gasteiger partial charge in [-0.2, -0.15) is 0 Å². The van der Waals surface area contributed by atoms with Crippen LogP contribution in [0.2, 0.25) is 0 Å². The van der Waals surface area contributed by atoms with E-state index >= 15 is 0 Å². The fourth-order valence-electron chi connectivity index (χ4n) is 3.17. The topological polar surface area (TPSA) is 58.7 Å². The number of methoxy groups -OCH3 is 1. The van der Waals surface area contributed by atoms with Crippen LogP contribution in [0.25, 0.3) is 0 Å². The zero-order chi connectivity index (χ0) is 14.4. The third-order valence-electron chi connectivity index (χ3n) is 4.42. The summed E-state index contributed by atoms with van der Waals surface area (Å²) in [4.78, 5) is 2.33. The highest BCUT2D eigenvalue weighted by atomic mass is 16.5. The molecule has 4 heteroatoms. The zero-order valence-electron chi connectivity index (χ0n) is 12.3. The largest absolute Gasteiger partial charge is 0.497 e. The molecule has 112 valence electrons. The Hall–Kier alpha value is -1.10. The van der Waals surface area contributed by atoms with Crippen LogP contribution in [0.5, 0.6) is 5.75 Å². The molecular formula is C16H26N2O2. The number of piperidine rings is 1. The molecule has 1 saturated heterocycles. The molecule has 1 aliphatic heterocycles. The molecule has 1 unspecified atom stereocenters. The summed E-state index contributed by atoms with van der Waals surface area (Å²) in [6.07, 6.45) is 2.32. The van der Waals surface area contributed by atoms with Crippen LogP contribution in [0.1, 0.15) is 24.3 Å². The molecule has 1 aromatic rings. The zero-order valence-corrected chi connectivity index (χ0v) is 12.3.